The summed E-state index contributed by atoms with van der Waals surface area (Å²) in [5.74, 6) is -4.68. The third-order valence-electron chi connectivity index (χ3n) is 2.14. The third-order valence-corrected chi connectivity index (χ3v) is 3.19. The molecule has 8 heteroatoms. The predicted molar refractivity (Wildman–Crippen MR) is 57.7 cm³/mol. The van der Waals surface area contributed by atoms with Crippen LogP contribution >= 0.6 is 11.8 Å². The van der Waals surface area contributed by atoms with Crippen molar-refractivity contribution in [2.24, 2.45) is 0 Å². The second-order valence-corrected chi connectivity index (χ2v) is 4.75. The lowest BCUT2D eigenvalue weighted by molar-refractivity contribution is -0.138. The molecule has 0 spiro atoms. The van der Waals surface area contributed by atoms with Crippen LogP contribution in [0.1, 0.15) is 26.2 Å². The number of carbonyl (C=O) groups is 1. The van der Waals surface area contributed by atoms with Crippen molar-refractivity contribution in [3.05, 3.63) is 0 Å². The molecule has 0 amide bonds. The summed E-state index contributed by atoms with van der Waals surface area (Å²) in [4.78, 5) is 10.8. The van der Waals surface area contributed by atoms with Crippen LogP contribution < -0.4 is 0 Å². The van der Waals surface area contributed by atoms with Gasteiger partial charge in [-0.3, -0.25) is 4.79 Å². The molecule has 2 atom stereocenters. The third kappa shape index (κ3) is 5.97. The first-order valence-corrected chi connectivity index (χ1v) is 6.30. The van der Waals surface area contributed by atoms with Crippen molar-refractivity contribution in [3.8, 4) is 0 Å². The van der Waals surface area contributed by atoms with Crippen LogP contribution in [0.3, 0.4) is 0 Å². The summed E-state index contributed by atoms with van der Waals surface area (Å²) < 4.78 is 75.3. The molecular weight excluding hydrogens is 282 g/mol. The molecule has 0 aliphatic rings. The zero-order chi connectivity index (χ0) is 14.3. The molecule has 0 fully saturated rings. The van der Waals surface area contributed by atoms with Crippen LogP contribution in [0.25, 0.3) is 0 Å². The summed E-state index contributed by atoms with van der Waals surface area (Å²) in [7, 11) is 0. The predicted octanol–water partition coefficient (Wildman–Crippen LogP) is 4.01. The molecule has 0 aromatic heterocycles. The summed E-state index contributed by atoms with van der Waals surface area (Å²) >= 11 is 0.664. The Kier molecular flexibility index (Phi) is 7.73. The smallest absolute Gasteiger partial charge is 0.287 e. The number of hydrogen-bond acceptors (Lipinski definition) is 2. The highest BCUT2D eigenvalue weighted by Gasteiger charge is 2.49. The second kappa shape index (κ2) is 7.91. The van der Waals surface area contributed by atoms with E-state index in [1.165, 1.54) is 0 Å². The van der Waals surface area contributed by atoms with Crippen LogP contribution in [0, 0.1) is 0 Å². The van der Waals surface area contributed by atoms with E-state index >= 15 is 0 Å². The number of alkyl halides is 6. The Morgan fingerprint density at radius 3 is 2.17 bits per heavy atom. The van der Waals surface area contributed by atoms with E-state index in [2.05, 4.69) is 0 Å². The van der Waals surface area contributed by atoms with Crippen LogP contribution in [0.2, 0.25) is 0 Å². The van der Waals surface area contributed by atoms with Crippen molar-refractivity contribution in [3.63, 3.8) is 0 Å². The van der Waals surface area contributed by atoms with Crippen molar-refractivity contribution in [1.29, 1.82) is 0 Å². The summed E-state index contributed by atoms with van der Waals surface area (Å²) in [6, 6.07) is 0. The molecule has 2 unspecified atom stereocenters. The summed E-state index contributed by atoms with van der Waals surface area (Å²) in [5, 5.41) is -0.296. The number of halogens is 6. The van der Waals surface area contributed by atoms with Gasteiger partial charge in [-0.05, 0) is 6.42 Å². The number of thioether (sulfide) groups is 1. The molecule has 0 rings (SSSR count). The molecule has 0 aliphatic heterocycles. The van der Waals surface area contributed by atoms with Crippen LogP contribution in [-0.2, 0) is 4.79 Å². The van der Waals surface area contributed by atoms with Crippen molar-refractivity contribution in [1.82, 2.24) is 0 Å². The lowest BCUT2D eigenvalue weighted by Gasteiger charge is -2.23. The zero-order valence-corrected chi connectivity index (χ0v) is 10.5. The van der Waals surface area contributed by atoms with Gasteiger partial charge in [0.1, 0.15) is 0 Å². The Labute approximate surface area is 105 Å². The van der Waals surface area contributed by atoms with Crippen LogP contribution in [0.5, 0.6) is 0 Å². The van der Waals surface area contributed by atoms with Gasteiger partial charge in [-0.25, -0.2) is 26.3 Å². The first kappa shape index (κ1) is 17.6. The second-order valence-electron chi connectivity index (χ2n) is 3.60. The van der Waals surface area contributed by atoms with E-state index < -0.39 is 37.5 Å². The fourth-order valence-electron chi connectivity index (χ4n) is 1.08. The van der Waals surface area contributed by atoms with E-state index in [1.54, 1.807) is 6.92 Å². The van der Waals surface area contributed by atoms with E-state index in [1.807, 2.05) is 0 Å². The molecule has 0 heterocycles. The van der Waals surface area contributed by atoms with E-state index in [4.69, 9.17) is 0 Å². The molecule has 1 nitrogen and oxygen atoms in total. The Hall–Kier alpha value is -0.400. The number of carbonyl (C=O) groups excluding carboxylic acids is 1. The molecular formula is C10H14F6OS. The van der Waals surface area contributed by atoms with Crippen molar-refractivity contribution < 1.29 is 31.1 Å². The number of rotatable bonds is 8. The minimum atomic E-state index is -4.45. The van der Waals surface area contributed by atoms with E-state index in [0.717, 1.165) is 0 Å². The molecule has 0 N–H and O–H groups in total. The fourth-order valence-corrected chi connectivity index (χ4v) is 1.84. The topological polar surface area (TPSA) is 17.1 Å². The largest absolute Gasteiger partial charge is 0.309 e. The van der Waals surface area contributed by atoms with Gasteiger partial charge in [-0.1, -0.05) is 18.7 Å². The van der Waals surface area contributed by atoms with Crippen molar-refractivity contribution in [2.45, 2.75) is 50.9 Å². The van der Waals surface area contributed by atoms with Crippen LogP contribution in [0.15, 0.2) is 0 Å². The normalized spacial score (nSPS) is 15.8. The van der Waals surface area contributed by atoms with Crippen LogP contribution in [0.4, 0.5) is 26.3 Å². The average Bonchev–Trinajstić information content (AvgIpc) is 2.27. The molecule has 108 valence electrons. The standard InChI is InChI=1S/C10H14F6OS/c1-2-9(17)18-4-3-6(11)10(15,16)7(12)5-8(13)14/h6-8H,2-5H2,1H3. The average molecular weight is 296 g/mol. The Bertz CT molecular complexity index is 261. The molecule has 0 bridgehead atoms. The van der Waals surface area contributed by atoms with Gasteiger partial charge in [-0.2, -0.15) is 0 Å². The maximum absolute atomic E-state index is 13.1. The number of hydrogen-bond donors (Lipinski definition) is 0. The summed E-state index contributed by atoms with van der Waals surface area (Å²) in [6.45, 7) is 1.55. The van der Waals surface area contributed by atoms with Gasteiger partial charge in [0.25, 0.3) is 0 Å². The van der Waals surface area contributed by atoms with Crippen LogP contribution in [-0.4, -0.2) is 35.6 Å². The van der Waals surface area contributed by atoms with E-state index in [0.29, 0.717) is 11.8 Å². The highest BCUT2D eigenvalue weighted by atomic mass is 32.2. The van der Waals surface area contributed by atoms with E-state index in [9.17, 15) is 31.1 Å². The Morgan fingerprint density at radius 2 is 1.72 bits per heavy atom. The van der Waals surface area contributed by atoms with Crippen molar-refractivity contribution in [2.75, 3.05) is 5.75 Å². The molecule has 0 aromatic rings. The Balaban J connectivity index is 4.20. The monoisotopic (exact) mass is 296 g/mol. The first-order valence-electron chi connectivity index (χ1n) is 5.31. The fraction of sp³-hybridized carbons (Fsp3) is 0.900. The van der Waals surface area contributed by atoms with Gasteiger partial charge >= 0.3 is 5.92 Å². The molecule has 0 aliphatic carbocycles. The SMILES string of the molecule is CCC(=O)SCCC(F)C(F)(F)C(F)CC(F)F. The molecule has 0 radical (unpaired) electrons. The summed E-state index contributed by atoms with van der Waals surface area (Å²) in [5.41, 5.74) is 0. The molecule has 0 aromatic carbocycles. The lowest BCUT2D eigenvalue weighted by Crippen LogP contribution is -2.41. The van der Waals surface area contributed by atoms with Gasteiger partial charge in [0.2, 0.25) is 6.43 Å². The first-order chi connectivity index (χ1) is 8.21. The van der Waals surface area contributed by atoms with Gasteiger partial charge in [0.05, 0.1) is 0 Å². The minimum Gasteiger partial charge on any atom is -0.287 e. The highest BCUT2D eigenvalue weighted by molar-refractivity contribution is 8.13. The Morgan fingerprint density at radius 1 is 1.17 bits per heavy atom. The van der Waals surface area contributed by atoms with E-state index in [-0.39, 0.29) is 17.3 Å². The minimum absolute atomic E-state index is 0.176. The molecule has 0 saturated heterocycles. The van der Waals surface area contributed by atoms with Crippen molar-refractivity contribution >= 4 is 16.9 Å². The highest BCUT2D eigenvalue weighted by Crippen LogP contribution is 2.33. The molecule has 0 saturated carbocycles. The maximum atomic E-state index is 13.1. The maximum Gasteiger partial charge on any atom is 0.309 e. The zero-order valence-electron chi connectivity index (χ0n) is 9.64. The van der Waals surface area contributed by atoms with Gasteiger partial charge in [0, 0.05) is 18.6 Å². The quantitative estimate of drug-likeness (QED) is 0.629. The van der Waals surface area contributed by atoms with Gasteiger partial charge in [-0.15, -0.1) is 0 Å². The van der Waals surface area contributed by atoms with Gasteiger partial charge < -0.3 is 0 Å². The lowest BCUT2D eigenvalue weighted by atomic mass is 10.0. The molecule has 18 heavy (non-hydrogen) atoms. The van der Waals surface area contributed by atoms with Gasteiger partial charge in [0.15, 0.2) is 17.5 Å². The summed E-state index contributed by atoms with van der Waals surface area (Å²) in [6.07, 6.45) is -11.6.